The lowest BCUT2D eigenvalue weighted by Crippen LogP contribution is -2.44. The molecule has 3 heterocycles. The topological polar surface area (TPSA) is 115 Å². The maximum absolute atomic E-state index is 15.3. The number of carbonyl (C=O) groups is 3. The number of nitrogens with one attached hydrogen (secondary N) is 2. The second-order valence-corrected chi connectivity index (χ2v) is 10.6. The Morgan fingerprint density at radius 1 is 1.14 bits per heavy atom. The number of nitrogens with zero attached hydrogens (tertiary/aromatic N) is 3. The van der Waals surface area contributed by atoms with Crippen LogP contribution in [-0.4, -0.2) is 52.3 Å². The number of hydrogen-bond acceptors (Lipinski definition) is 6. The van der Waals surface area contributed by atoms with Gasteiger partial charge in [0, 0.05) is 39.2 Å². The van der Waals surface area contributed by atoms with Gasteiger partial charge in [0.25, 0.3) is 0 Å². The molecule has 2 N–H and O–H groups in total. The molecule has 4 rings (SSSR count). The van der Waals surface area contributed by atoms with Gasteiger partial charge in [-0.25, -0.2) is 14.0 Å². The number of imide groups is 1. The molecule has 0 bridgehead atoms. The number of fused-ring (bicyclic) bond motifs is 1. The van der Waals surface area contributed by atoms with Crippen molar-refractivity contribution in [1.29, 1.82) is 0 Å². The minimum atomic E-state index is -0.853. The number of aromatic nitrogens is 2. The van der Waals surface area contributed by atoms with Crippen molar-refractivity contribution < 1.29 is 23.5 Å². The van der Waals surface area contributed by atoms with Crippen LogP contribution in [0.2, 0.25) is 0 Å². The van der Waals surface area contributed by atoms with Crippen LogP contribution in [0.25, 0.3) is 11.0 Å². The van der Waals surface area contributed by atoms with Gasteiger partial charge in [-0.05, 0) is 58.4 Å². The number of benzene rings is 1. The SMILES string of the molecule is Cn1c(=O)n(C2CCC(=O)NC2=O)c2cc(F)c(N3CCC(CCNC(=O)OC(C)(C)C)CC3)cc21. The highest BCUT2D eigenvalue weighted by molar-refractivity contribution is 6.00. The molecular formula is C25H34FN5O5. The zero-order valence-electron chi connectivity index (χ0n) is 21.2. The molecular weight excluding hydrogens is 469 g/mol. The molecule has 11 heteroatoms. The molecule has 2 aliphatic rings. The molecule has 3 amide bonds. The summed E-state index contributed by atoms with van der Waals surface area (Å²) in [7, 11) is 1.60. The molecule has 2 fully saturated rings. The third-order valence-electron chi connectivity index (χ3n) is 6.86. The second-order valence-electron chi connectivity index (χ2n) is 10.6. The monoisotopic (exact) mass is 503 g/mol. The summed E-state index contributed by atoms with van der Waals surface area (Å²) in [5.41, 5.74) is 0.328. The lowest BCUT2D eigenvalue weighted by atomic mass is 9.93. The Bertz CT molecular complexity index is 1240. The van der Waals surface area contributed by atoms with Crippen LogP contribution < -0.4 is 21.2 Å². The molecule has 2 aliphatic heterocycles. The number of hydrogen-bond donors (Lipinski definition) is 2. The minimum absolute atomic E-state index is 0.127. The van der Waals surface area contributed by atoms with E-state index in [0.717, 1.165) is 19.3 Å². The lowest BCUT2D eigenvalue weighted by molar-refractivity contribution is -0.135. The van der Waals surface area contributed by atoms with Crippen molar-refractivity contribution in [2.24, 2.45) is 13.0 Å². The van der Waals surface area contributed by atoms with Crippen LogP contribution in [0.15, 0.2) is 16.9 Å². The molecule has 1 unspecified atom stereocenters. The van der Waals surface area contributed by atoms with Crippen LogP contribution in [0.3, 0.4) is 0 Å². The molecule has 1 atom stereocenters. The Kier molecular flexibility index (Phi) is 7.10. The van der Waals surface area contributed by atoms with E-state index in [4.69, 9.17) is 4.74 Å². The first-order valence-corrected chi connectivity index (χ1v) is 12.4. The van der Waals surface area contributed by atoms with Gasteiger partial charge in [-0.15, -0.1) is 0 Å². The van der Waals surface area contributed by atoms with E-state index in [1.54, 1.807) is 13.1 Å². The average Bonchev–Trinajstić information content (AvgIpc) is 3.02. The number of imidazole rings is 1. The summed E-state index contributed by atoms with van der Waals surface area (Å²) in [5.74, 6) is -0.976. The van der Waals surface area contributed by atoms with E-state index in [2.05, 4.69) is 10.6 Å². The van der Waals surface area contributed by atoms with Crippen molar-refractivity contribution in [3.8, 4) is 0 Å². The molecule has 1 aromatic carbocycles. The number of alkyl carbamates (subject to hydrolysis) is 1. The summed E-state index contributed by atoms with van der Waals surface area (Å²) in [6.07, 6.45) is 2.42. The Labute approximate surface area is 208 Å². The van der Waals surface area contributed by atoms with Gasteiger partial charge in [-0.2, -0.15) is 0 Å². The number of aryl methyl sites for hydroxylation is 1. The van der Waals surface area contributed by atoms with Crippen LogP contribution in [0, 0.1) is 11.7 Å². The van der Waals surface area contributed by atoms with Gasteiger partial charge >= 0.3 is 11.8 Å². The number of anilines is 1. The first-order chi connectivity index (χ1) is 16.9. The van der Waals surface area contributed by atoms with Crippen molar-refractivity contribution in [3.63, 3.8) is 0 Å². The van der Waals surface area contributed by atoms with Gasteiger partial charge in [-0.1, -0.05) is 0 Å². The predicted molar refractivity (Wildman–Crippen MR) is 132 cm³/mol. The van der Waals surface area contributed by atoms with Crippen LogP contribution in [0.4, 0.5) is 14.9 Å². The van der Waals surface area contributed by atoms with E-state index in [0.29, 0.717) is 42.3 Å². The molecule has 0 spiro atoms. The van der Waals surface area contributed by atoms with Crippen molar-refractivity contribution >= 4 is 34.6 Å². The number of amides is 3. The van der Waals surface area contributed by atoms with Gasteiger partial charge in [0.2, 0.25) is 11.8 Å². The van der Waals surface area contributed by atoms with Gasteiger partial charge in [0.15, 0.2) is 0 Å². The van der Waals surface area contributed by atoms with E-state index in [9.17, 15) is 19.2 Å². The molecule has 196 valence electrons. The van der Waals surface area contributed by atoms with Crippen molar-refractivity contribution in [3.05, 3.63) is 28.4 Å². The van der Waals surface area contributed by atoms with E-state index in [1.807, 2.05) is 25.7 Å². The minimum Gasteiger partial charge on any atom is -0.444 e. The summed E-state index contributed by atoms with van der Waals surface area (Å²) in [6.45, 7) is 7.29. The Balaban J connectivity index is 1.44. The molecule has 10 nitrogen and oxygen atoms in total. The quantitative estimate of drug-likeness (QED) is 0.607. The second kappa shape index (κ2) is 9.94. The highest BCUT2D eigenvalue weighted by atomic mass is 19.1. The number of ether oxygens (including phenoxy) is 1. The molecule has 1 aromatic heterocycles. The van der Waals surface area contributed by atoms with Crippen LogP contribution in [0.5, 0.6) is 0 Å². The molecule has 2 aromatic rings. The Morgan fingerprint density at radius 3 is 2.47 bits per heavy atom. The van der Waals surface area contributed by atoms with Crippen molar-refractivity contribution in [2.45, 2.75) is 64.5 Å². The van der Waals surface area contributed by atoms with E-state index in [1.165, 1.54) is 15.2 Å². The van der Waals surface area contributed by atoms with Gasteiger partial charge in [0.1, 0.15) is 17.5 Å². The summed E-state index contributed by atoms with van der Waals surface area (Å²) < 4.78 is 23.2. The fraction of sp³-hybridized carbons (Fsp3) is 0.600. The highest BCUT2D eigenvalue weighted by Gasteiger charge is 2.32. The Morgan fingerprint density at radius 2 is 1.83 bits per heavy atom. The Hall–Kier alpha value is -3.37. The van der Waals surface area contributed by atoms with E-state index >= 15 is 4.39 Å². The zero-order valence-corrected chi connectivity index (χ0v) is 21.2. The summed E-state index contributed by atoms with van der Waals surface area (Å²) >= 11 is 0. The largest absolute Gasteiger partial charge is 0.444 e. The van der Waals surface area contributed by atoms with E-state index in [-0.39, 0.29) is 18.7 Å². The summed E-state index contributed by atoms with van der Waals surface area (Å²) in [4.78, 5) is 50.7. The highest BCUT2D eigenvalue weighted by Crippen LogP contribution is 2.31. The third kappa shape index (κ3) is 5.39. The molecule has 0 aliphatic carbocycles. The number of rotatable bonds is 5. The standard InChI is InChI=1S/C25H34FN5O5/c1-25(2,3)36-23(34)27-10-7-15-8-11-30(12-9-15)18-14-19-20(13-16(18)26)31(24(35)29(19)4)17-5-6-21(32)28-22(17)33/h13-15,17H,5-12H2,1-4H3,(H,27,34)(H,28,32,33). The predicted octanol–water partition coefficient (Wildman–Crippen LogP) is 2.59. The lowest BCUT2D eigenvalue weighted by Gasteiger charge is -2.34. The van der Waals surface area contributed by atoms with E-state index < -0.39 is 35.2 Å². The number of halogens is 1. The number of piperidine rings is 2. The zero-order chi connectivity index (χ0) is 26.2. The number of carbonyl (C=O) groups excluding carboxylic acids is 3. The van der Waals surface area contributed by atoms with Crippen molar-refractivity contribution in [2.75, 3.05) is 24.5 Å². The van der Waals surface area contributed by atoms with Gasteiger partial charge in [0.05, 0.1) is 16.7 Å². The molecule has 0 saturated carbocycles. The molecule has 0 radical (unpaired) electrons. The van der Waals surface area contributed by atoms with Gasteiger partial charge in [-0.3, -0.25) is 24.0 Å². The smallest absolute Gasteiger partial charge is 0.407 e. The maximum atomic E-state index is 15.3. The third-order valence-corrected chi connectivity index (χ3v) is 6.86. The summed E-state index contributed by atoms with van der Waals surface area (Å²) in [6, 6.07) is 2.13. The van der Waals surface area contributed by atoms with Crippen LogP contribution in [-0.2, 0) is 21.4 Å². The van der Waals surface area contributed by atoms with Crippen LogP contribution >= 0.6 is 0 Å². The first kappa shape index (κ1) is 25.7. The fourth-order valence-corrected chi connectivity index (χ4v) is 5.00. The summed E-state index contributed by atoms with van der Waals surface area (Å²) in [5, 5.41) is 5.05. The average molecular weight is 504 g/mol. The molecule has 2 saturated heterocycles. The first-order valence-electron chi connectivity index (χ1n) is 12.4. The normalized spacial score (nSPS) is 19.5. The maximum Gasteiger partial charge on any atom is 0.407 e. The van der Waals surface area contributed by atoms with Gasteiger partial charge < -0.3 is 15.0 Å². The fourth-order valence-electron chi connectivity index (χ4n) is 5.00. The molecule has 36 heavy (non-hydrogen) atoms. The van der Waals surface area contributed by atoms with Crippen LogP contribution in [0.1, 0.15) is 58.9 Å². The van der Waals surface area contributed by atoms with Crippen molar-refractivity contribution in [1.82, 2.24) is 19.8 Å².